The quantitative estimate of drug-likeness (QED) is 0.886. The maximum absolute atomic E-state index is 12.0. The summed E-state index contributed by atoms with van der Waals surface area (Å²) in [6.45, 7) is 3.94. The fourth-order valence-corrected chi connectivity index (χ4v) is 1.56. The first kappa shape index (κ1) is 13.7. The number of aromatic nitrogens is 3. The molecule has 2 heterocycles. The van der Waals surface area contributed by atoms with Gasteiger partial charge in [0.05, 0.1) is 11.9 Å². The summed E-state index contributed by atoms with van der Waals surface area (Å²) in [6, 6.07) is 4.45. The molecule has 2 rings (SSSR count). The lowest BCUT2D eigenvalue weighted by molar-refractivity contribution is 0.0690. The highest BCUT2D eigenvalue weighted by atomic mass is 16.4. The van der Waals surface area contributed by atoms with E-state index in [1.165, 1.54) is 24.4 Å². The second kappa shape index (κ2) is 5.52. The smallest absolute Gasteiger partial charge is 0.354 e. The Bertz CT molecular complexity index is 649. The summed E-state index contributed by atoms with van der Waals surface area (Å²) in [6.07, 6.45) is 3.22. The molecule has 20 heavy (non-hydrogen) atoms. The molecule has 0 aromatic carbocycles. The molecule has 104 valence electrons. The van der Waals surface area contributed by atoms with E-state index >= 15 is 0 Å². The van der Waals surface area contributed by atoms with Crippen molar-refractivity contribution in [1.82, 2.24) is 14.8 Å². The molecule has 2 aromatic heterocycles. The number of carbonyl (C=O) groups excluding carboxylic acids is 1. The lowest BCUT2D eigenvalue weighted by atomic mass is 10.3. The topological polar surface area (TPSA) is 97.1 Å². The minimum Gasteiger partial charge on any atom is -0.477 e. The average Bonchev–Trinajstić information content (AvgIpc) is 2.87. The summed E-state index contributed by atoms with van der Waals surface area (Å²) in [5.74, 6) is -1.65. The molecule has 0 spiro atoms. The third kappa shape index (κ3) is 3.00. The number of rotatable bonds is 4. The molecule has 2 aromatic rings. The van der Waals surface area contributed by atoms with Gasteiger partial charge in [-0.2, -0.15) is 5.10 Å². The standard InChI is InChI=1S/C13H14N4O3/c1-8(2)17-7-9(6-14-17)15-12(18)10-4-3-5-11(16-10)13(19)20/h3-8H,1-2H3,(H,15,18)(H,19,20). The second-order valence-corrected chi connectivity index (χ2v) is 4.47. The number of amides is 1. The van der Waals surface area contributed by atoms with E-state index in [9.17, 15) is 9.59 Å². The van der Waals surface area contributed by atoms with Crippen LogP contribution in [0.2, 0.25) is 0 Å². The monoisotopic (exact) mass is 274 g/mol. The highest BCUT2D eigenvalue weighted by molar-refractivity contribution is 6.03. The lowest BCUT2D eigenvalue weighted by Crippen LogP contribution is -2.15. The van der Waals surface area contributed by atoms with Crippen LogP contribution in [0.3, 0.4) is 0 Å². The number of carboxylic acid groups (broad SMARTS) is 1. The number of anilines is 1. The van der Waals surface area contributed by atoms with Crippen LogP contribution in [0.25, 0.3) is 0 Å². The third-order valence-electron chi connectivity index (χ3n) is 2.59. The van der Waals surface area contributed by atoms with Crippen LogP contribution in [-0.4, -0.2) is 31.7 Å². The minimum atomic E-state index is -1.17. The summed E-state index contributed by atoms with van der Waals surface area (Å²) < 4.78 is 1.71. The van der Waals surface area contributed by atoms with E-state index in [2.05, 4.69) is 15.4 Å². The molecule has 0 aliphatic carbocycles. The Balaban J connectivity index is 2.15. The third-order valence-corrected chi connectivity index (χ3v) is 2.59. The van der Waals surface area contributed by atoms with Crippen molar-refractivity contribution < 1.29 is 14.7 Å². The molecule has 0 atom stereocenters. The van der Waals surface area contributed by atoms with Crippen LogP contribution < -0.4 is 5.32 Å². The Morgan fingerprint density at radius 3 is 2.60 bits per heavy atom. The molecule has 1 amide bonds. The molecule has 0 aliphatic heterocycles. The largest absolute Gasteiger partial charge is 0.477 e. The molecule has 7 nitrogen and oxygen atoms in total. The molecule has 7 heteroatoms. The Labute approximate surface area is 115 Å². The zero-order valence-electron chi connectivity index (χ0n) is 11.1. The summed E-state index contributed by atoms with van der Waals surface area (Å²) in [7, 11) is 0. The summed E-state index contributed by atoms with van der Waals surface area (Å²) in [5.41, 5.74) is 0.406. The number of hydrogen-bond acceptors (Lipinski definition) is 4. The van der Waals surface area contributed by atoms with Gasteiger partial charge in [-0.3, -0.25) is 9.48 Å². The number of aromatic carboxylic acids is 1. The van der Waals surface area contributed by atoms with Gasteiger partial charge in [0.25, 0.3) is 5.91 Å². The fraction of sp³-hybridized carbons (Fsp3) is 0.231. The highest BCUT2D eigenvalue weighted by Crippen LogP contribution is 2.11. The lowest BCUT2D eigenvalue weighted by Gasteiger charge is -2.04. The molecule has 2 N–H and O–H groups in total. The van der Waals surface area contributed by atoms with Crippen LogP contribution in [0.1, 0.15) is 40.9 Å². The highest BCUT2D eigenvalue weighted by Gasteiger charge is 2.12. The van der Waals surface area contributed by atoms with Gasteiger partial charge in [0.1, 0.15) is 11.4 Å². The van der Waals surface area contributed by atoms with Crippen LogP contribution in [-0.2, 0) is 0 Å². The first-order chi connectivity index (χ1) is 9.47. The number of nitrogens with one attached hydrogen (secondary N) is 1. The zero-order valence-corrected chi connectivity index (χ0v) is 11.1. The maximum Gasteiger partial charge on any atom is 0.354 e. The first-order valence-corrected chi connectivity index (χ1v) is 6.03. The predicted octanol–water partition coefficient (Wildman–Crippen LogP) is 1.81. The Morgan fingerprint density at radius 1 is 1.30 bits per heavy atom. The van der Waals surface area contributed by atoms with Crippen molar-refractivity contribution >= 4 is 17.6 Å². The van der Waals surface area contributed by atoms with Gasteiger partial charge in [-0.1, -0.05) is 6.07 Å². The molecule has 0 saturated carbocycles. The van der Waals surface area contributed by atoms with Gasteiger partial charge >= 0.3 is 5.97 Å². The van der Waals surface area contributed by atoms with Gasteiger partial charge < -0.3 is 10.4 Å². The van der Waals surface area contributed by atoms with Crippen LogP contribution in [0.5, 0.6) is 0 Å². The predicted molar refractivity (Wildman–Crippen MR) is 71.8 cm³/mol. The van der Waals surface area contributed by atoms with Crippen LogP contribution >= 0.6 is 0 Å². The molecule has 0 fully saturated rings. The van der Waals surface area contributed by atoms with Gasteiger partial charge in [-0.25, -0.2) is 9.78 Å². The van der Waals surface area contributed by atoms with Crippen molar-refractivity contribution in [2.75, 3.05) is 5.32 Å². The van der Waals surface area contributed by atoms with Crippen molar-refractivity contribution in [3.8, 4) is 0 Å². The maximum atomic E-state index is 12.0. The fourth-order valence-electron chi connectivity index (χ4n) is 1.56. The van der Waals surface area contributed by atoms with Gasteiger partial charge in [-0.05, 0) is 26.0 Å². The number of hydrogen-bond donors (Lipinski definition) is 2. The summed E-state index contributed by atoms with van der Waals surface area (Å²) in [5, 5.41) is 15.6. The molecule has 0 saturated heterocycles. The van der Waals surface area contributed by atoms with Crippen LogP contribution in [0.15, 0.2) is 30.6 Å². The van der Waals surface area contributed by atoms with Crippen LogP contribution in [0.4, 0.5) is 5.69 Å². The molecule has 0 aliphatic rings. The Morgan fingerprint density at radius 2 is 2.00 bits per heavy atom. The van der Waals surface area contributed by atoms with E-state index in [4.69, 9.17) is 5.11 Å². The van der Waals surface area contributed by atoms with Crippen molar-refractivity contribution in [3.05, 3.63) is 42.0 Å². The average molecular weight is 274 g/mol. The van der Waals surface area contributed by atoms with Gasteiger partial charge in [0.2, 0.25) is 0 Å². The normalized spacial score (nSPS) is 10.6. The van der Waals surface area contributed by atoms with E-state index in [1.54, 1.807) is 10.9 Å². The van der Waals surface area contributed by atoms with Gasteiger partial charge in [0, 0.05) is 12.2 Å². The Hall–Kier alpha value is -2.70. The molecule has 0 radical (unpaired) electrons. The van der Waals surface area contributed by atoms with E-state index in [1.807, 2.05) is 13.8 Å². The molecular formula is C13H14N4O3. The number of carbonyl (C=O) groups is 2. The van der Waals surface area contributed by atoms with E-state index < -0.39 is 11.9 Å². The van der Waals surface area contributed by atoms with Crippen LogP contribution in [0, 0.1) is 0 Å². The van der Waals surface area contributed by atoms with Gasteiger partial charge in [0.15, 0.2) is 0 Å². The summed E-state index contributed by atoms with van der Waals surface area (Å²) >= 11 is 0. The molecule has 0 unspecified atom stereocenters. The van der Waals surface area contributed by atoms with E-state index in [0.717, 1.165) is 0 Å². The number of pyridine rings is 1. The van der Waals surface area contributed by atoms with Crippen molar-refractivity contribution in [2.24, 2.45) is 0 Å². The van der Waals surface area contributed by atoms with Crippen molar-refractivity contribution in [3.63, 3.8) is 0 Å². The van der Waals surface area contributed by atoms with Gasteiger partial charge in [-0.15, -0.1) is 0 Å². The first-order valence-electron chi connectivity index (χ1n) is 6.03. The zero-order chi connectivity index (χ0) is 14.7. The second-order valence-electron chi connectivity index (χ2n) is 4.47. The SMILES string of the molecule is CC(C)n1cc(NC(=O)c2cccc(C(=O)O)n2)cn1. The van der Waals surface area contributed by atoms with Crippen molar-refractivity contribution in [1.29, 1.82) is 0 Å². The number of nitrogens with zero attached hydrogens (tertiary/aromatic N) is 3. The molecule has 0 bridgehead atoms. The minimum absolute atomic E-state index is 0.0437. The Kier molecular flexibility index (Phi) is 3.79. The molecular weight excluding hydrogens is 260 g/mol. The van der Waals surface area contributed by atoms with E-state index in [0.29, 0.717) is 5.69 Å². The summed E-state index contributed by atoms with van der Waals surface area (Å²) in [4.78, 5) is 26.5. The van der Waals surface area contributed by atoms with E-state index in [-0.39, 0.29) is 17.4 Å². The van der Waals surface area contributed by atoms with Crippen molar-refractivity contribution in [2.45, 2.75) is 19.9 Å². The number of carboxylic acids is 1.